The highest BCUT2D eigenvalue weighted by Gasteiger charge is 2.27. The lowest BCUT2D eigenvalue weighted by Gasteiger charge is -2.23. The lowest BCUT2D eigenvalue weighted by atomic mass is 10.1. The van der Waals surface area contributed by atoms with Crippen LogP contribution in [-0.2, 0) is 17.8 Å². The van der Waals surface area contributed by atoms with Crippen LogP contribution in [-0.4, -0.2) is 67.2 Å². The topological polar surface area (TPSA) is 69.2 Å². The standard InChI is InChI=1S/C22H36FN5O2.HI/c1-7-24-20(25-13-16-8-9-19(23)17(12-16)14-27(5)6)28-11-10-18(15-28)26-21(29)30-22(2,3)4;/h8-9,12,18H,7,10-11,13-15H2,1-6H3,(H,24,25)(H,26,29);1H. The molecule has 0 spiro atoms. The Morgan fingerprint density at radius 1 is 1.35 bits per heavy atom. The molecule has 1 aromatic rings. The first-order valence-electron chi connectivity index (χ1n) is 10.5. The lowest BCUT2D eigenvalue weighted by Crippen LogP contribution is -2.44. The van der Waals surface area contributed by atoms with Crippen molar-refractivity contribution in [3.05, 3.63) is 35.1 Å². The Labute approximate surface area is 202 Å². The van der Waals surface area contributed by atoms with Gasteiger partial charge in [0.25, 0.3) is 0 Å². The Hall–Kier alpha value is -1.62. The van der Waals surface area contributed by atoms with Crippen LogP contribution in [0.5, 0.6) is 0 Å². The smallest absolute Gasteiger partial charge is 0.407 e. The average molecular weight is 549 g/mol. The second-order valence-electron chi connectivity index (χ2n) is 8.91. The molecule has 7 nitrogen and oxygen atoms in total. The van der Waals surface area contributed by atoms with Crippen molar-refractivity contribution in [3.63, 3.8) is 0 Å². The number of alkyl carbamates (subject to hydrolysis) is 1. The second-order valence-corrected chi connectivity index (χ2v) is 8.91. The molecule has 31 heavy (non-hydrogen) atoms. The third kappa shape index (κ3) is 9.59. The zero-order valence-corrected chi connectivity index (χ0v) is 21.8. The maximum absolute atomic E-state index is 14.0. The highest BCUT2D eigenvalue weighted by molar-refractivity contribution is 14.0. The van der Waals surface area contributed by atoms with Crippen LogP contribution >= 0.6 is 24.0 Å². The minimum atomic E-state index is -0.515. The van der Waals surface area contributed by atoms with E-state index in [9.17, 15) is 9.18 Å². The number of carbonyl (C=O) groups is 1. The predicted octanol–water partition coefficient (Wildman–Crippen LogP) is 3.57. The number of ether oxygens (including phenoxy) is 1. The molecule has 2 N–H and O–H groups in total. The van der Waals surface area contributed by atoms with Crippen LogP contribution in [0.1, 0.15) is 45.2 Å². The van der Waals surface area contributed by atoms with E-state index in [1.807, 2.05) is 52.8 Å². The summed E-state index contributed by atoms with van der Waals surface area (Å²) in [6, 6.07) is 5.17. The van der Waals surface area contributed by atoms with Gasteiger partial charge in [0.2, 0.25) is 0 Å². The molecule has 1 fully saturated rings. The van der Waals surface area contributed by atoms with Gasteiger partial charge in [-0.15, -0.1) is 24.0 Å². The van der Waals surface area contributed by atoms with E-state index >= 15 is 0 Å². The largest absolute Gasteiger partial charge is 0.444 e. The van der Waals surface area contributed by atoms with E-state index in [2.05, 4.69) is 15.5 Å². The SMILES string of the molecule is CCNC(=NCc1ccc(F)c(CN(C)C)c1)N1CCC(NC(=O)OC(C)(C)C)C1.I. The quantitative estimate of drug-likeness (QED) is 0.323. The third-order valence-corrected chi connectivity index (χ3v) is 4.55. The minimum Gasteiger partial charge on any atom is -0.444 e. The van der Waals surface area contributed by atoms with E-state index in [-0.39, 0.29) is 35.8 Å². The molecular weight excluding hydrogens is 512 g/mol. The van der Waals surface area contributed by atoms with Gasteiger partial charge in [-0.3, -0.25) is 0 Å². The van der Waals surface area contributed by atoms with E-state index in [0.717, 1.165) is 31.0 Å². The summed E-state index contributed by atoms with van der Waals surface area (Å²) in [5.74, 6) is 0.600. The number of hydrogen-bond donors (Lipinski definition) is 2. The molecule has 176 valence electrons. The lowest BCUT2D eigenvalue weighted by molar-refractivity contribution is 0.0507. The van der Waals surface area contributed by atoms with Crippen molar-refractivity contribution in [1.82, 2.24) is 20.4 Å². The van der Waals surface area contributed by atoms with Crippen molar-refractivity contribution in [2.45, 2.75) is 58.8 Å². The first-order valence-corrected chi connectivity index (χ1v) is 10.5. The number of rotatable bonds is 6. The van der Waals surface area contributed by atoms with E-state index in [1.54, 1.807) is 6.07 Å². The van der Waals surface area contributed by atoms with Gasteiger partial charge < -0.3 is 25.2 Å². The maximum Gasteiger partial charge on any atom is 0.407 e. The van der Waals surface area contributed by atoms with Crippen molar-refractivity contribution < 1.29 is 13.9 Å². The summed E-state index contributed by atoms with van der Waals surface area (Å²) in [7, 11) is 3.84. The number of guanidine groups is 1. The third-order valence-electron chi connectivity index (χ3n) is 4.55. The number of halogens is 2. The Morgan fingerprint density at radius 3 is 2.68 bits per heavy atom. The molecule has 1 heterocycles. The van der Waals surface area contributed by atoms with Gasteiger partial charge in [-0.1, -0.05) is 6.07 Å². The van der Waals surface area contributed by atoms with Gasteiger partial charge >= 0.3 is 6.09 Å². The molecule has 0 aliphatic carbocycles. The number of carbonyl (C=O) groups excluding carboxylic acids is 1. The van der Waals surface area contributed by atoms with Crippen molar-refractivity contribution in [2.24, 2.45) is 4.99 Å². The van der Waals surface area contributed by atoms with Crippen molar-refractivity contribution in [1.29, 1.82) is 0 Å². The molecule has 1 aromatic carbocycles. The predicted molar refractivity (Wildman–Crippen MR) is 133 cm³/mol. The fourth-order valence-corrected chi connectivity index (χ4v) is 3.32. The van der Waals surface area contributed by atoms with Crippen LogP contribution in [0.25, 0.3) is 0 Å². The highest BCUT2D eigenvalue weighted by Crippen LogP contribution is 2.15. The summed E-state index contributed by atoms with van der Waals surface area (Å²) in [5.41, 5.74) is 1.12. The van der Waals surface area contributed by atoms with Crippen LogP contribution in [0.15, 0.2) is 23.2 Å². The van der Waals surface area contributed by atoms with Gasteiger partial charge in [0.05, 0.1) is 12.6 Å². The van der Waals surface area contributed by atoms with Gasteiger partial charge in [-0.05, 0) is 65.9 Å². The highest BCUT2D eigenvalue weighted by atomic mass is 127. The fourth-order valence-electron chi connectivity index (χ4n) is 3.32. The van der Waals surface area contributed by atoms with Crippen LogP contribution in [0.3, 0.4) is 0 Å². The molecule has 1 amide bonds. The Kier molecular flexibility index (Phi) is 11.0. The van der Waals surface area contributed by atoms with Gasteiger partial charge in [-0.25, -0.2) is 14.2 Å². The van der Waals surface area contributed by atoms with E-state index in [4.69, 9.17) is 9.73 Å². The first-order chi connectivity index (χ1) is 14.1. The summed E-state index contributed by atoms with van der Waals surface area (Å²) in [4.78, 5) is 20.8. The molecule has 0 radical (unpaired) electrons. The van der Waals surface area contributed by atoms with Gasteiger partial charge in [0, 0.05) is 31.7 Å². The molecule has 1 atom stereocenters. The number of amides is 1. The molecule has 1 unspecified atom stereocenters. The zero-order chi connectivity index (χ0) is 22.3. The second kappa shape index (κ2) is 12.4. The molecule has 1 aliphatic rings. The van der Waals surface area contributed by atoms with Crippen molar-refractivity contribution in [2.75, 3.05) is 33.7 Å². The molecule has 0 saturated carbocycles. The first kappa shape index (κ1) is 27.4. The molecule has 9 heteroatoms. The van der Waals surface area contributed by atoms with E-state index < -0.39 is 11.7 Å². The molecule has 1 aliphatic heterocycles. The molecule has 2 rings (SSSR count). The summed E-state index contributed by atoms with van der Waals surface area (Å²) in [6.45, 7) is 10.8. The van der Waals surface area contributed by atoms with Crippen LogP contribution in [0.2, 0.25) is 0 Å². The van der Waals surface area contributed by atoms with Crippen LogP contribution in [0.4, 0.5) is 9.18 Å². The normalized spacial score (nSPS) is 16.8. The number of likely N-dealkylation sites (tertiary alicyclic amines) is 1. The summed E-state index contributed by atoms with van der Waals surface area (Å²) >= 11 is 0. The van der Waals surface area contributed by atoms with Crippen molar-refractivity contribution in [3.8, 4) is 0 Å². The minimum absolute atomic E-state index is 0. The van der Waals surface area contributed by atoms with Crippen LogP contribution in [0, 0.1) is 5.82 Å². The number of benzene rings is 1. The molecule has 0 aromatic heterocycles. The number of hydrogen-bond acceptors (Lipinski definition) is 4. The summed E-state index contributed by atoms with van der Waals surface area (Å²) in [6.07, 6.45) is 0.434. The number of aliphatic imine (C=N–C) groups is 1. The Balaban J connectivity index is 0.00000480. The summed E-state index contributed by atoms with van der Waals surface area (Å²) < 4.78 is 19.4. The van der Waals surface area contributed by atoms with Crippen LogP contribution < -0.4 is 10.6 Å². The van der Waals surface area contributed by atoms with Gasteiger partial charge in [0.15, 0.2) is 5.96 Å². The fraction of sp³-hybridized carbons (Fsp3) is 0.636. The van der Waals surface area contributed by atoms with E-state index in [0.29, 0.717) is 25.2 Å². The monoisotopic (exact) mass is 549 g/mol. The molecule has 1 saturated heterocycles. The number of nitrogens with zero attached hydrogens (tertiary/aromatic N) is 3. The number of nitrogens with one attached hydrogen (secondary N) is 2. The summed E-state index contributed by atoms with van der Waals surface area (Å²) in [5, 5.41) is 6.25. The average Bonchev–Trinajstić information content (AvgIpc) is 3.07. The Morgan fingerprint density at radius 2 is 2.06 bits per heavy atom. The maximum atomic E-state index is 14.0. The van der Waals surface area contributed by atoms with Crippen molar-refractivity contribution >= 4 is 36.0 Å². The zero-order valence-electron chi connectivity index (χ0n) is 19.5. The van der Waals surface area contributed by atoms with Gasteiger partial charge in [-0.2, -0.15) is 0 Å². The van der Waals surface area contributed by atoms with E-state index in [1.165, 1.54) is 6.07 Å². The Bertz CT molecular complexity index is 752. The molecular formula is C22H37FIN5O2. The molecule has 0 bridgehead atoms. The van der Waals surface area contributed by atoms with Gasteiger partial charge in [0.1, 0.15) is 11.4 Å².